The van der Waals surface area contributed by atoms with Crippen molar-refractivity contribution in [2.45, 2.75) is 31.9 Å². The molecule has 0 aromatic heterocycles. The molecule has 2 aliphatic heterocycles. The van der Waals surface area contributed by atoms with E-state index in [9.17, 15) is 9.59 Å². The predicted molar refractivity (Wildman–Crippen MR) is 101 cm³/mol. The average Bonchev–Trinajstić information content (AvgIpc) is 3.19. The maximum Gasteiger partial charge on any atom is 0.266 e. The van der Waals surface area contributed by atoms with Crippen LogP contribution in [0.1, 0.15) is 19.8 Å². The number of ether oxygens (including phenoxy) is 1. The number of fused-ring (bicyclic) bond motifs is 1. The number of methoxy groups -OCH3 is 1. The first kappa shape index (κ1) is 17.5. The van der Waals surface area contributed by atoms with Crippen molar-refractivity contribution in [1.29, 1.82) is 0 Å². The summed E-state index contributed by atoms with van der Waals surface area (Å²) < 4.78 is 5.34. The summed E-state index contributed by atoms with van der Waals surface area (Å²) in [4.78, 5) is 33.6. The topological polar surface area (TPSA) is 59.1 Å². The van der Waals surface area contributed by atoms with Gasteiger partial charge in [-0.15, -0.1) is 0 Å². The van der Waals surface area contributed by atoms with Gasteiger partial charge < -0.3 is 4.74 Å². The molecule has 140 valence electrons. The molecule has 2 saturated heterocycles. The quantitative estimate of drug-likeness (QED) is 0.761. The van der Waals surface area contributed by atoms with Crippen LogP contribution < -0.4 is 14.7 Å². The maximum atomic E-state index is 13.3. The van der Waals surface area contributed by atoms with Gasteiger partial charge in [-0.2, -0.15) is 0 Å². The van der Waals surface area contributed by atoms with Crippen LogP contribution in [0.5, 0.6) is 5.75 Å². The lowest BCUT2D eigenvalue weighted by Crippen LogP contribution is -2.40. The Bertz CT molecular complexity index is 854. The second-order valence-electron chi connectivity index (χ2n) is 6.75. The van der Waals surface area contributed by atoms with Crippen molar-refractivity contribution in [3.8, 4) is 5.75 Å². The molecule has 4 rings (SSSR count). The third-order valence-corrected chi connectivity index (χ3v) is 5.16. The lowest BCUT2D eigenvalue weighted by molar-refractivity contribution is -0.126. The van der Waals surface area contributed by atoms with Crippen LogP contribution in [-0.4, -0.2) is 31.1 Å². The molecular weight excluding hydrogens is 344 g/mol. The maximum absolute atomic E-state index is 13.3. The van der Waals surface area contributed by atoms with Crippen LogP contribution in [0.25, 0.3) is 0 Å². The number of amides is 2. The number of carbonyl (C=O) groups is 2. The summed E-state index contributed by atoms with van der Waals surface area (Å²) >= 11 is 0. The molecule has 6 heteroatoms. The van der Waals surface area contributed by atoms with Crippen LogP contribution in [0, 0.1) is 5.92 Å². The second-order valence-corrected chi connectivity index (χ2v) is 6.75. The smallest absolute Gasteiger partial charge is 0.266 e. The Labute approximate surface area is 158 Å². The number of rotatable bonds is 5. The highest BCUT2D eigenvalue weighted by Gasteiger charge is 2.59. The van der Waals surface area contributed by atoms with Crippen molar-refractivity contribution >= 4 is 23.2 Å². The Balaban J connectivity index is 1.70. The normalized spacial score (nSPS) is 24.4. The molecule has 2 aromatic rings. The Morgan fingerprint density at radius 2 is 1.70 bits per heavy atom. The Kier molecular flexibility index (Phi) is 4.58. The van der Waals surface area contributed by atoms with Crippen LogP contribution in [0.3, 0.4) is 0 Å². The molecule has 0 unspecified atom stereocenters. The minimum atomic E-state index is -0.806. The van der Waals surface area contributed by atoms with Crippen molar-refractivity contribution in [3.63, 3.8) is 0 Å². The van der Waals surface area contributed by atoms with Crippen LogP contribution in [-0.2, 0) is 14.4 Å². The van der Waals surface area contributed by atoms with E-state index in [1.165, 1.54) is 12.0 Å². The van der Waals surface area contributed by atoms with E-state index in [-0.39, 0.29) is 17.9 Å². The molecule has 6 nitrogen and oxygen atoms in total. The van der Waals surface area contributed by atoms with E-state index in [0.29, 0.717) is 11.4 Å². The number of nitrogens with zero attached hydrogens (tertiary/aromatic N) is 2. The van der Waals surface area contributed by atoms with Crippen molar-refractivity contribution in [2.24, 2.45) is 5.92 Å². The highest BCUT2D eigenvalue weighted by Crippen LogP contribution is 2.43. The fraction of sp³-hybridized carbons (Fsp3) is 0.333. The standard InChI is InChI=1S/C21H22N2O4/c1-3-9-16-18-19(27-23(16)14-10-5-4-6-11-14)21(25)22(20(18)24)15-12-7-8-13-17(15)26-2/h4-8,10-13,16,18-19H,3,9H2,1-2H3/t16-,18+,19+/m1/s1. The number of hydrogen-bond donors (Lipinski definition) is 0. The third kappa shape index (κ3) is 2.77. The molecule has 2 amide bonds. The van der Waals surface area contributed by atoms with E-state index in [1.54, 1.807) is 23.3 Å². The Morgan fingerprint density at radius 3 is 2.41 bits per heavy atom. The van der Waals surface area contributed by atoms with Gasteiger partial charge in [0.2, 0.25) is 5.91 Å². The van der Waals surface area contributed by atoms with Gasteiger partial charge in [0.15, 0.2) is 6.10 Å². The monoisotopic (exact) mass is 366 g/mol. The fourth-order valence-corrected chi connectivity index (χ4v) is 3.96. The van der Waals surface area contributed by atoms with Gasteiger partial charge in [0.05, 0.1) is 30.4 Å². The molecule has 0 radical (unpaired) electrons. The van der Waals surface area contributed by atoms with E-state index in [2.05, 4.69) is 6.92 Å². The first-order valence-electron chi connectivity index (χ1n) is 9.19. The lowest BCUT2D eigenvalue weighted by Gasteiger charge is -2.28. The molecule has 0 aliphatic carbocycles. The molecule has 2 aromatic carbocycles. The number of para-hydroxylation sites is 3. The minimum Gasteiger partial charge on any atom is -0.495 e. The first-order chi connectivity index (χ1) is 13.2. The molecule has 0 spiro atoms. The molecule has 2 aliphatic rings. The summed E-state index contributed by atoms with van der Waals surface area (Å²) in [5, 5.41) is 1.74. The molecule has 3 atom stereocenters. The van der Waals surface area contributed by atoms with E-state index in [4.69, 9.17) is 9.57 Å². The fourth-order valence-electron chi connectivity index (χ4n) is 3.96. The molecule has 2 fully saturated rings. The van der Waals surface area contributed by atoms with E-state index in [0.717, 1.165) is 18.5 Å². The van der Waals surface area contributed by atoms with Gasteiger partial charge in [0, 0.05) is 0 Å². The average molecular weight is 366 g/mol. The van der Waals surface area contributed by atoms with Gasteiger partial charge in [-0.05, 0) is 30.7 Å². The van der Waals surface area contributed by atoms with Crippen molar-refractivity contribution in [2.75, 3.05) is 17.1 Å². The molecule has 0 bridgehead atoms. The van der Waals surface area contributed by atoms with Crippen LogP contribution in [0.15, 0.2) is 54.6 Å². The summed E-state index contributed by atoms with van der Waals surface area (Å²) in [5.74, 6) is -0.603. The van der Waals surface area contributed by atoms with Crippen LogP contribution >= 0.6 is 0 Å². The molecule has 0 N–H and O–H groups in total. The number of hydroxylamine groups is 1. The van der Waals surface area contributed by atoms with Crippen LogP contribution in [0.4, 0.5) is 11.4 Å². The largest absolute Gasteiger partial charge is 0.495 e. The highest BCUT2D eigenvalue weighted by atomic mass is 16.7. The van der Waals surface area contributed by atoms with Crippen molar-refractivity contribution in [1.82, 2.24) is 0 Å². The SMILES string of the molecule is CCC[C@@H]1[C@@H]2C(=O)N(c3ccccc3OC)C(=O)[C@H]2ON1c1ccccc1. The summed E-state index contributed by atoms with van der Waals surface area (Å²) in [6.07, 6.45) is 0.838. The number of imide groups is 1. The van der Waals surface area contributed by atoms with Gasteiger partial charge in [-0.25, -0.2) is 9.96 Å². The highest BCUT2D eigenvalue weighted by molar-refractivity contribution is 6.24. The summed E-state index contributed by atoms with van der Waals surface area (Å²) in [6, 6.07) is 16.5. The van der Waals surface area contributed by atoms with Crippen molar-refractivity contribution < 1.29 is 19.2 Å². The predicted octanol–water partition coefficient (Wildman–Crippen LogP) is 3.17. The van der Waals surface area contributed by atoms with Crippen molar-refractivity contribution in [3.05, 3.63) is 54.6 Å². The number of anilines is 2. The molecule has 27 heavy (non-hydrogen) atoms. The molecular formula is C21H22N2O4. The third-order valence-electron chi connectivity index (χ3n) is 5.16. The molecule has 0 saturated carbocycles. The van der Waals surface area contributed by atoms with Gasteiger partial charge >= 0.3 is 0 Å². The van der Waals surface area contributed by atoms with Gasteiger partial charge in [0.1, 0.15) is 5.75 Å². The zero-order chi connectivity index (χ0) is 19.0. The number of hydrogen-bond acceptors (Lipinski definition) is 5. The van der Waals surface area contributed by atoms with Gasteiger partial charge in [-0.3, -0.25) is 14.4 Å². The summed E-state index contributed by atoms with van der Waals surface area (Å²) in [6.45, 7) is 2.07. The zero-order valence-electron chi connectivity index (χ0n) is 15.4. The molecule has 2 heterocycles. The second kappa shape index (κ2) is 7.04. The zero-order valence-corrected chi connectivity index (χ0v) is 15.4. The Morgan fingerprint density at radius 1 is 1.00 bits per heavy atom. The minimum absolute atomic E-state index is 0.182. The number of benzene rings is 2. The number of carbonyl (C=O) groups excluding carboxylic acids is 2. The van der Waals surface area contributed by atoms with Crippen LogP contribution in [0.2, 0.25) is 0 Å². The Hall–Kier alpha value is -2.86. The first-order valence-corrected chi connectivity index (χ1v) is 9.19. The van der Waals surface area contributed by atoms with E-state index >= 15 is 0 Å². The van der Waals surface area contributed by atoms with E-state index < -0.39 is 12.0 Å². The van der Waals surface area contributed by atoms with Gasteiger partial charge in [0.25, 0.3) is 5.91 Å². The van der Waals surface area contributed by atoms with Gasteiger partial charge in [-0.1, -0.05) is 43.7 Å². The van der Waals surface area contributed by atoms with E-state index in [1.807, 2.05) is 36.4 Å². The lowest BCUT2D eigenvalue weighted by atomic mass is 9.93. The summed E-state index contributed by atoms with van der Waals surface area (Å²) in [5.41, 5.74) is 1.32. The summed E-state index contributed by atoms with van der Waals surface area (Å²) in [7, 11) is 1.53.